The largest absolute Gasteiger partial charge is 0.497 e. The second-order valence-corrected chi connectivity index (χ2v) is 9.85. The maximum Gasteiger partial charge on any atom is 0.255 e. The van der Waals surface area contributed by atoms with Gasteiger partial charge in [0.1, 0.15) is 36.5 Å². The molecule has 3 rings (SSSR count). The van der Waals surface area contributed by atoms with Gasteiger partial charge in [0, 0.05) is 13.5 Å². The molecular weight excluding hydrogens is 516 g/mol. The molecule has 2 aromatic rings. The van der Waals surface area contributed by atoms with Gasteiger partial charge in [-0.3, -0.25) is 19.2 Å². The van der Waals surface area contributed by atoms with Crippen molar-refractivity contribution < 1.29 is 33.4 Å². The molecule has 0 aromatic heterocycles. The van der Waals surface area contributed by atoms with Crippen LogP contribution in [0.4, 0.5) is 0 Å². The third-order valence-electron chi connectivity index (χ3n) is 6.51. The smallest absolute Gasteiger partial charge is 0.255 e. The molecule has 40 heavy (non-hydrogen) atoms. The van der Waals surface area contributed by atoms with Crippen LogP contribution in [0.5, 0.6) is 17.2 Å². The summed E-state index contributed by atoms with van der Waals surface area (Å²) in [6, 6.07) is 12.4. The molecule has 0 aliphatic carbocycles. The summed E-state index contributed by atoms with van der Waals surface area (Å²) in [5, 5.41) is 8.43. The average Bonchev–Trinajstić information content (AvgIpc) is 2.95. The number of carbonyl (C=O) groups excluding carboxylic acids is 4. The van der Waals surface area contributed by atoms with E-state index >= 15 is 0 Å². The lowest BCUT2D eigenvalue weighted by Gasteiger charge is -2.24. The van der Waals surface area contributed by atoms with Crippen molar-refractivity contribution in [2.24, 2.45) is 5.92 Å². The quantitative estimate of drug-likeness (QED) is 0.444. The fourth-order valence-electron chi connectivity index (χ4n) is 4.02. The lowest BCUT2D eigenvalue weighted by atomic mass is 10.1. The molecule has 4 amide bonds. The van der Waals surface area contributed by atoms with Gasteiger partial charge >= 0.3 is 0 Å². The van der Waals surface area contributed by atoms with Crippen LogP contribution in [-0.2, 0) is 14.4 Å². The summed E-state index contributed by atoms with van der Waals surface area (Å²) in [4.78, 5) is 53.1. The molecule has 11 heteroatoms. The highest BCUT2D eigenvalue weighted by Gasteiger charge is 2.26. The predicted octanol–water partition coefficient (Wildman–Crippen LogP) is 1.76. The summed E-state index contributed by atoms with van der Waals surface area (Å²) in [6.07, 6.45) is -0.00437. The van der Waals surface area contributed by atoms with Crippen molar-refractivity contribution in [3.63, 3.8) is 0 Å². The Morgan fingerprint density at radius 2 is 1.77 bits per heavy atom. The Balaban J connectivity index is 1.72. The molecule has 11 nitrogen and oxygen atoms in total. The average molecular weight is 555 g/mol. The Labute approximate surface area is 234 Å². The second kappa shape index (κ2) is 14.8. The van der Waals surface area contributed by atoms with Crippen LogP contribution in [0.15, 0.2) is 48.5 Å². The van der Waals surface area contributed by atoms with Crippen molar-refractivity contribution in [1.29, 1.82) is 0 Å². The molecule has 2 atom stereocenters. The number of hydrogen-bond acceptors (Lipinski definition) is 7. The lowest BCUT2D eigenvalue weighted by molar-refractivity contribution is -0.135. The zero-order chi connectivity index (χ0) is 29.1. The number of nitrogens with one attached hydrogen (secondary N) is 3. The van der Waals surface area contributed by atoms with E-state index in [4.69, 9.17) is 14.2 Å². The minimum atomic E-state index is -0.999. The fraction of sp³-hybridized carbons (Fsp3) is 0.448. The summed E-state index contributed by atoms with van der Waals surface area (Å²) in [7, 11) is 3.11. The van der Waals surface area contributed by atoms with Gasteiger partial charge in [-0.25, -0.2) is 0 Å². The van der Waals surface area contributed by atoms with Gasteiger partial charge in [0.05, 0.1) is 31.8 Å². The molecule has 216 valence electrons. The highest BCUT2D eigenvalue weighted by molar-refractivity contribution is 5.99. The van der Waals surface area contributed by atoms with Gasteiger partial charge in [0.2, 0.25) is 17.7 Å². The van der Waals surface area contributed by atoms with E-state index in [1.54, 1.807) is 55.6 Å². The Morgan fingerprint density at radius 3 is 2.48 bits per heavy atom. The number of benzene rings is 2. The molecule has 0 spiro atoms. The zero-order valence-corrected chi connectivity index (χ0v) is 23.4. The first-order valence-corrected chi connectivity index (χ1v) is 13.3. The van der Waals surface area contributed by atoms with Crippen LogP contribution in [0.1, 0.15) is 37.0 Å². The molecule has 1 heterocycles. The normalized spacial score (nSPS) is 18.8. The molecule has 1 aliphatic rings. The number of para-hydroxylation sites is 1. The molecule has 2 aromatic carbocycles. The van der Waals surface area contributed by atoms with Gasteiger partial charge < -0.3 is 35.1 Å². The monoisotopic (exact) mass is 554 g/mol. The summed E-state index contributed by atoms with van der Waals surface area (Å²) >= 11 is 0. The van der Waals surface area contributed by atoms with E-state index in [-0.39, 0.29) is 68.5 Å². The number of likely N-dealkylation sites (N-methyl/N-ethyl adjacent to an activating group) is 1. The van der Waals surface area contributed by atoms with Crippen molar-refractivity contribution in [1.82, 2.24) is 20.9 Å². The van der Waals surface area contributed by atoms with Crippen LogP contribution in [-0.4, -0.2) is 81.1 Å². The van der Waals surface area contributed by atoms with Crippen molar-refractivity contribution in [3.05, 3.63) is 54.1 Å². The Hall–Kier alpha value is -4.28. The number of amides is 4. The number of nitrogens with zero attached hydrogens (tertiary/aromatic N) is 1. The molecule has 3 N–H and O–H groups in total. The van der Waals surface area contributed by atoms with Crippen LogP contribution < -0.4 is 30.2 Å². The van der Waals surface area contributed by atoms with Gasteiger partial charge in [-0.2, -0.15) is 0 Å². The second-order valence-electron chi connectivity index (χ2n) is 9.85. The van der Waals surface area contributed by atoms with Crippen molar-refractivity contribution in [2.75, 3.05) is 40.5 Å². The van der Waals surface area contributed by atoms with E-state index < -0.39 is 17.9 Å². The topological polar surface area (TPSA) is 135 Å². The highest BCUT2D eigenvalue weighted by atomic mass is 16.5. The number of methoxy groups -OCH3 is 1. The molecule has 0 unspecified atom stereocenters. The van der Waals surface area contributed by atoms with Crippen LogP contribution in [0.25, 0.3) is 0 Å². The van der Waals surface area contributed by atoms with Gasteiger partial charge in [-0.1, -0.05) is 26.0 Å². The molecule has 1 aliphatic heterocycles. The van der Waals surface area contributed by atoms with Crippen LogP contribution in [0.2, 0.25) is 0 Å². The first kappa shape index (κ1) is 30.3. The van der Waals surface area contributed by atoms with Crippen LogP contribution >= 0.6 is 0 Å². The maximum absolute atomic E-state index is 13.3. The first-order valence-electron chi connectivity index (χ1n) is 13.3. The Bertz CT molecular complexity index is 1170. The Kier molecular flexibility index (Phi) is 11.2. The highest BCUT2D eigenvalue weighted by Crippen LogP contribution is 2.20. The van der Waals surface area contributed by atoms with Gasteiger partial charge in [-0.05, 0) is 48.7 Å². The fourth-order valence-corrected chi connectivity index (χ4v) is 4.02. The van der Waals surface area contributed by atoms with Crippen LogP contribution in [0.3, 0.4) is 0 Å². The summed E-state index contributed by atoms with van der Waals surface area (Å²) in [5.41, 5.74) is 0.246. The Morgan fingerprint density at radius 1 is 1.07 bits per heavy atom. The molecule has 0 fully saturated rings. The van der Waals surface area contributed by atoms with Gasteiger partial charge in [-0.15, -0.1) is 0 Å². The van der Waals surface area contributed by atoms with Crippen molar-refractivity contribution in [3.8, 4) is 17.2 Å². The van der Waals surface area contributed by atoms with Crippen LogP contribution in [0, 0.1) is 5.92 Å². The van der Waals surface area contributed by atoms with E-state index in [9.17, 15) is 19.2 Å². The molecule has 0 radical (unpaired) electrons. The van der Waals surface area contributed by atoms with E-state index in [1.807, 2.05) is 13.8 Å². The van der Waals surface area contributed by atoms with E-state index in [0.29, 0.717) is 17.2 Å². The summed E-state index contributed by atoms with van der Waals surface area (Å²) in [6.45, 7) is 4.27. The molecular formula is C29H38N4O7. The summed E-state index contributed by atoms with van der Waals surface area (Å²) in [5.74, 6) is 0.0888. The van der Waals surface area contributed by atoms with E-state index in [2.05, 4.69) is 16.0 Å². The van der Waals surface area contributed by atoms with E-state index in [0.717, 1.165) is 0 Å². The molecule has 0 saturated heterocycles. The number of carbonyl (C=O) groups is 4. The number of fused-ring (bicyclic) bond motifs is 1. The minimum Gasteiger partial charge on any atom is -0.497 e. The predicted molar refractivity (Wildman–Crippen MR) is 148 cm³/mol. The van der Waals surface area contributed by atoms with Crippen molar-refractivity contribution >= 4 is 23.6 Å². The van der Waals surface area contributed by atoms with E-state index in [1.165, 1.54) is 11.9 Å². The SMILES string of the molecule is COc1ccc(OCCNC(=O)[C@@H]2CCC(=O)N(C)CC(=O)N[C@@H](C(C)C)COc3ccccc3C(=O)N2)cc1. The maximum atomic E-state index is 13.3. The molecule has 0 bridgehead atoms. The lowest BCUT2D eigenvalue weighted by Crippen LogP contribution is -2.48. The minimum absolute atomic E-state index is 0.0410. The number of hydrogen-bond donors (Lipinski definition) is 3. The third kappa shape index (κ3) is 8.89. The van der Waals surface area contributed by atoms with Gasteiger partial charge in [0.25, 0.3) is 5.91 Å². The molecule has 0 saturated carbocycles. The number of ether oxygens (including phenoxy) is 3. The van der Waals surface area contributed by atoms with Crippen molar-refractivity contribution in [2.45, 2.75) is 38.8 Å². The third-order valence-corrected chi connectivity index (χ3v) is 6.51. The summed E-state index contributed by atoms with van der Waals surface area (Å²) < 4.78 is 16.7. The number of rotatable bonds is 7. The zero-order valence-electron chi connectivity index (χ0n) is 23.4. The first-order chi connectivity index (χ1) is 19.2. The standard InChI is InChI=1S/C29H38N4O7/c1-19(2)24-18-40-25-8-6-5-7-22(25)28(36)32-23(13-14-27(35)33(3)17-26(34)31-24)29(37)30-15-16-39-21-11-9-20(38-4)10-12-21/h5-12,19,23-24H,13-18H2,1-4H3,(H,30,37)(H,31,34)(H,32,36)/t23-,24+/m0/s1. The van der Waals surface area contributed by atoms with Gasteiger partial charge in [0.15, 0.2) is 0 Å².